The third-order valence-corrected chi connectivity index (χ3v) is 7.07. The van der Waals surface area contributed by atoms with Crippen molar-refractivity contribution in [3.8, 4) is 0 Å². The van der Waals surface area contributed by atoms with Crippen LogP contribution in [0.3, 0.4) is 0 Å². The number of hydrogen-bond donors (Lipinski definition) is 1. The molecule has 2 fully saturated rings. The van der Waals surface area contributed by atoms with E-state index in [1.54, 1.807) is 41.3 Å². The van der Waals surface area contributed by atoms with Gasteiger partial charge in [0.25, 0.3) is 11.8 Å². The van der Waals surface area contributed by atoms with Gasteiger partial charge >= 0.3 is 0 Å². The molecule has 4 rings (SSSR count). The predicted molar refractivity (Wildman–Crippen MR) is 128 cm³/mol. The lowest BCUT2D eigenvalue weighted by Gasteiger charge is -2.38. The monoisotopic (exact) mass is 485 g/mol. The van der Waals surface area contributed by atoms with Gasteiger partial charge in [-0.2, -0.15) is 0 Å². The summed E-state index contributed by atoms with van der Waals surface area (Å²) < 4.78 is 14.1. The molecule has 6 nitrogen and oxygen atoms in total. The molecule has 2 aliphatic heterocycles. The second-order valence-corrected chi connectivity index (χ2v) is 9.33. The lowest BCUT2D eigenvalue weighted by atomic mass is 9.87. The molecule has 180 valence electrons. The summed E-state index contributed by atoms with van der Waals surface area (Å²) in [6, 6.07) is 12.0. The van der Waals surface area contributed by atoms with Gasteiger partial charge in [0.2, 0.25) is 5.91 Å². The highest BCUT2D eigenvalue weighted by atomic mass is 35.5. The summed E-state index contributed by atoms with van der Waals surface area (Å²) in [5.41, 5.74) is 0.377. The first-order chi connectivity index (χ1) is 16.5. The number of likely N-dealkylation sites (tertiary alicyclic amines) is 2. The molecule has 0 aliphatic carbocycles. The Morgan fingerprint density at radius 2 is 1.47 bits per heavy atom. The van der Waals surface area contributed by atoms with E-state index in [4.69, 9.17) is 11.6 Å². The van der Waals surface area contributed by atoms with Gasteiger partial charge in [0.1, 0.15) is 11.9 Å². The Labute approximate surface area is 204 Å². The van der Waals surface area contributed by atoms with Gasteiger partial charge in [-0.25, -0.2) is 4.39 Å². The standard InChI is InChI=1S/C26H29ClFN3O3/c27-21-10-4-2-8-19(21)24(32)29-23(26(34)30-14-6-1-7-15-30)18-12-16-31(17-13-18)25(33)20-9-3-5-11-22(20)28/h2-5,8-11,18,23H,1,6-7,12-17H2,(H,29,32)/t23-/m1/s1. The highest BCUT2D eigenvalue weighted by Crippen LogP contribution is 2.26. The third kappa shape index (κ3) is 5.41. The predicted octanol–water partition coefficient (Wildman–Crippen LogP) is 4.14. The molecular weight excluding hydrogens is 457 g/mol. The van der Waals surface area contributed by atoms with Crippen LogP contribution in [0.25, 0.3) is 0 Å². The van der Waals surface area contributed by atoms with Crippen LogP contribution in [0.5, 0.6) is 0 Å². The van der Waals surface area contributed by atoms with Gasteiger partial charge in [0.15, 0.2) is 0 Å². The zero-order valence-corrected chi connectivity index (χ0v) is 19.8. The quantitative estimate of drug-likeness (QED) is 0.692. The summed E-state index contributed by atoms with van der Waals surface area (Å²) >= 11 is 6.21. The minimum atomic E-state index is -0.701. The molecule has 2 saturated heterocycles. The second kappa shape index (κ2) is 11.0. The fourth-order valence-electron chi connectivity index (χ4n) is 4.80. The molecule has 3 amide bonds. The number of amides is 3. The topological polar surface area (TPSA) is 69.7 Å². The first-order valence-corrected chi connectivity index (χ1v) is 12.2. The smallest absolute Gasteiger partial charge is 0.256 e. The summed E-state index contributed by atoms with van der Waals surface area (Å²) in [4.78, 5) is 42.8. The maximum atomic E-state index is 14.1. The van der Waals surface area contributed by atoms with Crippen molar-refractivity contribution in [3.05, 3.63) is 70.5 Å². The second-order valence-electron chi connectivity index (χ2n) is 8.93. The van der Waals surface area contributed by atoms with Crippen molar-refractivity contribution in [1.29, 1.82) is 0 Å². The van der Waals surface area contributed by atoms with Crippen molar-refractivity contribution < 1.29 is 18.8 Å². The molecule has 0 spiro atoms. The molecule has 2 aromatic rings. The summed E-state index contributed by atoms with van der Waals surface area (Å²) in [7, 11) is 0. The van der Waals surface area contributed by atoms with Crippen molar-refractivity contribution >= 4 is 29.3 Å². The van der Waals surface area contributed by atoms with E-state index < -0.39 is 11.9 Å². The van der Waals surface area contributed by atoms with Crippen molar-refractivity contribution in [1.82, 2.24) is 15.1 Å². The van der Waals surface area contributed by atoms with Crippen LogP contribution in [0.1, 0.15) is 52.8 Å². The van der Waals surface area contributed by atoms with Crippen LogP contribution in [-0.4, -0.2) is 59.7 Å². The van der Waals surface area contributed by atoms with E-state index in [9.17, 15) is 18.8 Å². The van der Waals surface area contributed by atoms with Crippen LogP contribution >= 0.6 is 11.6 Å². The Morgan fingerprint density at radius 1 is 0.853 bits per heavy atom. The Hall–Kier alpha value is -2.93. The molecule has 2 aromatic carbocycles. The summed E-state index contributed by atoms with van der Waals surface area (Å²) in [6.45, 7) is 2.15. The fraction of sp³-hybridized carbons (Fsp3) is 0.423. The number of carbonyl (C=O) groups is 3. The van der Waals surface area contributed by atoms with Crippen LogP contribution in [-0.2, 0) is 4.79 Å². The van der Waals surface area contributed by atoms with Crippen LogP contribution in [0.15, 0.2) is 48.5 Å². The third-order valence-electron chi connectivity index (χ3n) is 6.74. The number of benzene rings is 2. The lowest BCUT2D eigenvalue weighted by molar-refractivity contribution is -0.136. The summed E-state index contributed by atoms with van der Waals surface area (Å²) in [5.74, 6) is -1.49. The van der Waals surface area contributed by atoms with Gasteiger partial charge in [-0.05, 0) is 62.3 Å². The molecule has 2 aliphatic rings. The highest BCUT2D eigenvalue weighted by molar-refractivity contribution is 6.33. The molecule has 8 heteroatoms. The van der Waals surface area contributed by atoms with Gasteiger partial charge in [-0.3, -0.25) is 14.4 Å². The van der Waals surface area contributed by atoms with Crippen molar-refractivity contribution in [2.45, 2.75) is 38.1 Å². The Morgan fingerprint density at radius 3 is 2.12 bits per heavy atom. The van der Waals surface area contributed by atoms with E-state index in [1.807, 2.05) is 4.90 Å². The van der Waals surface area contributed by atoms with E-state index >= 15 is 0 Å². The molecule has 0 aromatic heterocycles. The number of halogens is 2. The van der Waals surface area contributed by atoms with Crippen LogP contribution in [0.4, 0.5) is 4.39 Å². The summed E-state index contributed by atoms with van der Waals surface area (Å²) in [5, 5.41) is 3.28. The maximum absolute atomic E-state index is 14.1. The zero-order chi connectivity index (χ0) is 24.1. The van der Waals surface area contributed by atoms with E-state index in [0.717, 1.165) is 19.3 Å². The van der Waals surface area contributed by atoms with Crippen LogP contribution in [0, 0.1) is 11.7 Å². The molecule has 0 bridgehead atoms. The van der Waals surface area contributed by atoms with Gasteiger partial charge in [-0.15, -0.1) is 0 Å². The van der Waals surface area contributed by atoms with E-state index in [1.165, 1.54) is 12.1 Å². The Balaban J connectivity index is 1.48. The molecule has 1 atom stereocenters. The average Bonchev–Trinajstić information content (AvgIpc) is 2.87. The summed E-state index contributed by atoms with van der Waals surface area (Å²) in [6.07, 6.45) is 4.07. The minimum absolute atomic E-state index is 0.0499. The number of hydrogen-bond acceptors (Lipinski definition) is 3. The van der Waals surface area contributed by atoms with Crippen LogP contribution in [0.2, 0.25) is 5.02 Å². The van der Waals surface area contributed by atoms with E-state index in [0.29, 0.717) is 49.6 Å². The van der Waals surface area contributed by atoms with E-state index in [-0.39, 0.29) is 29.2 Å². The first kappa shape index (κ1) is 24.2. The molecule has 2 heterocycles. The Kier molecular flexibility index (Phi) is 7.83. The van der Waals surface area contributed by atoms with E-state index in [2.05, 4.69) is 5.32 Å². The van der Waals surface area contributed by atoms with Crippen LogP contribution < -0.4 is 5.32 Å². The van der Waals surface area contributed by atoms with Gasteiger partial charge in [0, 0.05) is 26.2 Å². The number of carbonyl (C=O) groups excluding carboxylic acids is 3. The van der Waals surface area contributed by atoms with Crippen molar-refractivity contribution in [2.75, 3.05) is 26.2 Å². The zero-order valence-electron chi connectivity index (χ0n) is 19.0. The fourth-order valence-corrected chi connectivity index (χ4v) is 5.02. The van der Waals surface area contributed by atoms with Gasteiger partial charge in [0.05, 0.1) is 16.1 Å². The highest BCUT2D eigenvalue weighted by Gasteiger charge is 2.37. The SMILES string of the molecule is O=C(N[C@@H](C(=O)N1CCCCC1)C1CCN(C(=O)c2ccccc2F)CC1)c1ccccc1Cl. The van der Waals surface area contributed by atoms with Gasteiger partial charge < -0.3 is 15.1 Å². The number of nitrogens with one attached hydrogen (secondary N) is 1. The number of rotatable bonds is 5. The number of piperidine rings is 2. The molecule has 0 saturated carbocycles. The molecular formula is C26H29ClFN3O3. The average molecular weight is 486 g/mol. The van der Waals surface area contributed by atoms with Crippen molar-refractivity contribution in [2.24, 2.45) is 5.92 Å². The molecule has 0 radical (unpaired) electrons. The Bertz CT molecular complexity index is 1050. The molecule has 34 heavy (non-hydrogen) atoms. The molecule has 1 N–H and O–H groups in total. The van der Waals surface area contributed by atoms with Crippen molar-refractivity contribution in [3.63, 3.8) is 0 Å². The minimum Gasteiger partial charge on any atom is -0.341 e. The maximum Gasteiger partial charge on any atom is 0.256 e. The van der Waals surface area contributed by atoms with Gasteiger partial charge in [-0.1, -0.05) is 35.9 Å². The largest absolute Gasteiger partial charge is 0.341 e. The first-order valence-electron chi connectivity index (χ1n) is 11.8. The molecule has 0 unspecified atom stereocenters. The lowest BCUT2D eigenvalue weighted by Crippen LogP contribution is -2.55. The number of nitrogens with zero attached hydrogens (tertiary/aromatic N) is 2. The normalized spacial score (nSPS) is 17.8.